The molecule has 0 aromatic heterocycles. The first-order chi connectivity index (χ1) is 12.4. The Morgan fingerprint density at radius 3 is 2.19 bits per heavy atom. The average Bonchev–Trinajstić information content (AvgIpc) is 2.59. The van der Waals surface area contributed by atoms with Gasteiger partial charge in [-0.15, -0.1) is 0 Å². The number of nitrogens with zero attached hydrogens (tertiary/aromatic N) is 1. The Bertz CT molecular complexity index is 1030. The molecule has 2 aromatic carbocycles. The number of nitrogens with one attached hydrogen (secondary N) is 1. The van der Waals surface area contributed by atoms with Crippen LogP contribution < -0.4 is 4.72 Å². The predicted molar refractivity (Wildman–Crippen MR) is 92.8 cm³/mol. The van der Waals surface area contributed by atoms with Crippen LogP contribution in [0.25, 0.3) is 0 Å². The van der Waals surface area contributed by atoms with E-state index in [1.807, 2.05) is 0 Å². The molecule has 0 aliphatic heterocycles. The van der Waals surface area contributed by atoms with E-state index in [-0.39, 0.29) is 10.5 Å². The van der Waals surface area contributed by atoms with Gasteiger partial charge >= 0.3 is 6.18 Å². The van der Waals surface area contributed by atoms with Crippen molar-refractivity contribution in [3.8, 4) is 0 Å². The van der Waals surface area contributed by atoms with Crippen molar-refractivity contribution in [1.82, 2.24) is 9.03 Å². The SMILES string of the molecule is CN(C)S(=O)(=O)c1ccccc1CNS(=O)(=O)c1cccc(C(F)(F)F)c1. The average molecular weight is 422 g/mol. The highest BCUT2D eigenvalue weighted by molar-refractivity contribution is 7.89. The minimum atomic E-state index is -4.68. The molecule has 0 amide bonds. The molecule has 6 nitrogen and oxygen atoms in total. The smallest absolute Gasteiger partial charge is 0.207 e. The molecule has 11 heteroatoms. The first kappa shape index (κ1) is 21.4. The summed E-state index contributed by atoms with van der Waals surface area (Å²) in [6.07, 6.45) is -4.68. The van der Waals surface area contributed by atoms with E-state index in [4.69, 9.17) is 0 Å². The summed E-state index contributed by atoms with van der Waals surface area (Å²) in [6, 6.07) is 9.06. The van der Waals surface area contributed by atoms with Crippen molar-refractivity contribution in [2.45, 2.75) is 22.5 Å². The van der Waals surface area contributed by atoms with Gasteiger partial charge in [0.05, 0.1) is 15.4 Å². The van der Waals surface area contributed by atoms with Gasteiger partial charge in [0.25, 0.3) is 0 Å². The summed E-state index contributed by atoms with van der Waals surface area (Å²) in [5.41, 5.74) is -0.928. The number of hydrogen-bond donors (Lipinski definition) is 1. The Balaban J connectivity index is 2.33. The van der Waals surface area contributed by atoms with Gasteiger partial charge in [0.2, 0.25) is 20.0 Å². The Labute approximate surface area is 155 Å². The molecule has 148 valence electrons. The Morgan fingerprint density at radius 1 is 0.963 bits per heavy atom. The molecule has 0 bridgehead atoms. The van der Waals surface area contributed by atoms with E-state index >= 15 is 0 Å². The van der Waals surface area contributed by atoms with Crippen molar-refractivity contribution in [3.63, 3.8) is 0 Å². The standard InChI is InChI=1S/C16H17F3N2O4S2/c1-21(2)27(24,25)15-9-4-3-6-12(15)11-20-26(22,23)14-8-5-7-13(10-14)16(17,18)19/h3-10,20H,11H2,1-2H3. The molecular formula is C16H17F3N2O4S2. The number of halogens is 3. The second kappa shape index (κ2) is 7.58. The highest BCUT2D eigenvalue weighted by atomic mass is 32.2. The number of alkyl halides is 3. The largest absolute Gasteiger partial charge is 0.416 e. The third-order valence-electron chi connectivity index (χ3n) is 3.66. The van der Waals surface area contributed by atoms with Crippen LogP contribution in [-0.4, -0.2) is 35.2 Å². The second-order valence-corrected chi connectivity index (χ2v) is 9.63. The van der Waals surface area contributed by atoms with Crippen LogP contribution in [0.5, 0.6) is 0 Å². The molecule has 0 radical (unpaired) electrons. The molecule has 2 rings (SSSR count). The van der Waals surface area contributed by atoms with Gasteiger partial charge in [-0.1, -0.05) is 24.3 Å². The molecule has 0 saturated carbocycles. The molecule has 0 atom stereocenters. The van der Waals surface area contributed by atoms with Crippen molar-refractivity contribution in [1.29, 1.82) is 0 Å². The lowest BCUT2D eigenvalue weighted by atomic mass is 10.2. The number of hydrogen-bond acceptors (Lipinski definition) is 4. The van der Waals surface area contributed by atoms with E-state index in [1.54, 1.807) is 0 Å². The van der Waals surface area contributed by atoms with E-state index in [1.165, 1.54) is 38.4 Å². The molecule has 0 fully saturated rings. The highest BCUT2D eigenvalue weighted by Gasteiger charge is 2.31. The molecule has 2 aromatic rings. The summed E-state index contributed by atoms with van der Waals surface area (Å²) < 4.78 is 90.8. The van der Waals surface area contributed by atoms with Crippen molar-refractivity contribution in [2.75, 3.05) is 14.1 Å². The second-order valence-electron chi connectivity index (χ2n) is 5.75. The zero-order chi connectivity index (χ0) is 20.5. The summed E-state index contributed by atoms with van der Waals surface area (Å²) in [7, 11) is -5.43. The third kappa shape index (κ3) is 4.86. The van der Waals surface area contributed by atoms with Gasteiger partial charge in [-0.3, -0.25) is 0 Å². The monoisotopic (exact) mass is 422 g/mol. The molecule has 0 unspecified atom stereocenters. The molecule has 0 saturated heterocycles. The topological polar surface area (TPSA) is 83.6 Å². The van der Waals surface area contributed by atoms with Crippen LogP contribution >= 0.6 is 0 Å². The Kier molecular flexibility index (Phi) is 6.00. The summed E-state index contributed by atoms with van der Waals surface area (Å²) in [5, 5.41) is 0. The molecule has 0 spiro atoms. The summed E-state index contributed by atoms with van der Waals surface area (Å²) in [4.78, 5) is -0.660. The van der Waals surface area contributed by atoms with E-state index in [0.29, 0.717) is 6.07 Å². The van der Waals surface area contributed by atoms with Crippen molar-refractivity contribution < 1.29 is 30.0 Å². The van der Waals surface area contributed by atoms with Gasteiger partial charge in [-0.25, -0.2) is 25.9 Å². The molecule has 0 heterocycles. The molecule has 1 N–H and O–H groups in total. The van der Waals surface area contributed by atoms with Crippen molar-refractivity contribution >= 4 is 20.0 Å². The lowest BCUT2D eigenvalue weighted by Gasteiger charge is -2.16. The van der Waals surface area contributed by atoms with Gasteiger partial charge in [0.1, 0.15) is 0 Å². The molecule has 27 heavy (non-hydrogen) atoms. The Hall–Kier alpha value is -1.95. The third-order valence-corrected chi connectivity index (χ3v) is 6.97. The van der Waals surface area contributed by atoms with Gasteiger partial charge in [0.15, 0.2) is 0 Å². The van der Waals surface area contributed by atoms with E-state index in [0.717, 1.165) is 22.5 Å². The van der Waals surface area contributed by atoms with Gasteiger partial charge in [-0.05, 0) is 29.8 Å². The normalized spacial score (nSPS) is 13.1. The molecule has 0 aliphatic rings. The maximum absolute atomic E-state index is 12.8. The van der Waals surface area contributed by atoms with Crippen LogP contribution in [-0.2, 0) is 32.8 Å². The van der Waals surface area contributed by atoms with Crippen molar-refractivity contribution in [2.24, 2.45) is 0 Å². The van der Waals surface area contributed by atoms with Crippen LogP contribution in [0.2, 0.25) is 0 Å². The van der Waals surface area contributed by atoms with Crippen molar-refractivity contribution in [3.05, 3.63) is 59.7 Å². The zero-order valence-electron chi connectivity index (χ0n) is 14.4. The van der Waals surface area contributed by atoms with Gasteiger partial charge in [0, 0.05) is 20.6 Å². The Morgan fingerprint density at radius 2 is 1.59 bits per heavy atom. The van der Waals surface area contributed by atoms with Crippen LogP contribution in [0, 0.1) is 0 Å². The predicted octanol–water partition coefficient (Wildman–Crippen LogP) is 2.43. The van der Waals surface area contributed by atoms with E-state index < -0.39 is 43.2 Å². The highest BCUT2D eigenvalue weighted by Crippen LogP contribution is 2.30. The van der Waals surface area contributed by atoms with Gasteiger partial charge < -0.3 is 0 Å². The van der Waals surface area contributed by atoms with Gasteiger partial charge in [-0.2, -0.15) is 13.2 Å². The van der Waals surface area contributed by atoms with E-state index in [2.05, 4.69) is 4.72 Å². The fourth-order valence-corrected chi connectivity index (χ4v) is 4.36. The summed E-state index contributed by atoms with van der Waals surface area (Å²) in [5.74, 6) is 0. The lowest BCUT2D eigenvalue weighted by Crippen LogP contribution is -2.27. The number of benzene rings is 2. The number of rotatable bonds is 6. The van der Waals surface area contributed by atoms with Crippen LogP contribution in [0.1, 0.15) is 11.1 Å². The molecular weight excluding hydrogens is 405 g/mol. The minimum absolute atomic E-state index is 0.0956. The minimum Gasteiger partial charge on any atom is -0.207 e. The summed E-state index contributed by atoms with van der Waals surface area (Å²) >= 11 is 0. The maximum atomic E-state index is 12.8. The molecule has 0 aliphatic carbocycles. The van der Waals surface area contributed by atoms with E-state index in [9.17, 15) is 30.0 Å². The summed E-state index contributed by atoms with van der Waals surface area (Å²) in [6.45, 7) is -0.401. The fraction of sp³-hybridized carbons (Fsp3) is 0.250. The first-order valence-corrected chi connectivity index (χ1v) is 10.5. The van der Waals surface area contributed by atoms with Crippen LogP contribution in [0.15, 0.2) is 58.3 Å². The number of sulfonamides is 2. The maximum Gasteiger partial charge on any atom is 0.416 e. The zero-order valence-corrected chi connectivity index (χ0v) is 16.0. The van der Waals surface area contributed by atoms with Crippen LogP contribution in [0.3, 0.4) is 0 Å². The first-order valence-electron chi connectivity index (χ1n) is 7.53. The quantitative estimate of drug-likeness (QED) is 0.775. The fourth-order valence-electron chi connectivity index (χ4n) is 2.19. The van der Waals surface area contributed by atoms with Crippen LogP contribution in [0.4, 0.5) is 13.2 Å². The lowest BCUT2D eigenvalue weighted by molar-refractivity contribution is -0.137.